The Bertz CT molecular complexity index is 667. The predicted octanol–water partition coefficient (Wildman–Crippen LogP) is 2.59. The first-order chi connectivity index (χ1) is 10.6. The molecule has 0 saturated heterocycles. The van der Waals surface area contributed by atoms with Crippen molar-refractivity contribution in [3.05, 3.63) is 47.5 Å². The Kier molecular flexibility index (Phi) is 5.71. The van der Waals surface area contributed by atoms with E-state index in [9.17, 15) is 9.18 Å². The number of hydrogen-bond acceptors (Lipinski definition) is 4. The van der Waals surface area contributed by atoms with Crippen molar-refractivity contribution < 1.29 is 9.18 Å². The summed E-state index contributed by atoms with van der Waals surface area (Å²) in [6.07, 6.45) is 2.62. The summed E-state index contributed by atoms with van der Waals surface area (Å²) in [5.41, 5.74) is 3.79. The minimum absolute atomic E-state index is 0.244. The van der Waals surface area contributed by atoms with Gasteiger partial charge in [-0.05, 0) is 26.0 Å². The molecule has 0 saturated carbocycles. The van der Waals surface area contributed by atoms with Crippen molar-refractivity contribution in [3.8, 4) is 0 Å². The lowest BCUT2D eigenvalue weighted by Crippen LogP contribution is -2.19. The highest BCUT2D eigenvalue weighted by molar-refractivity contribution is 8.00. The molecule has 116 valence electrons. The van der Waals surface area contributed by atoms with Gasteiger partial charge in [-0.15, -0.1) is 11.8 Å². The topological polar surface area (TPSA) is 59.3 Å². The fourth-order valence-corrected chi connectivity index (χ4v) is 2.37. The maximum Gasteiger partial charge on any atom is 0.250 e. The molecular weight excluding hydrogens is 303 g/mol. The van der Waals surface area contributed by atoms with Crippen LogP contribution in [0.25, 0.3) is 0 Å². The van der Waals surface area contributed by atoms with Gasteiger partial charge in [0.25, 0.3) is 0 Å². The second kappa shape index (κ2) is 7.74. The number of rotatable bonds is 6. The molecule has 0 aliphatic heterocycles. The van der Waals surface area contributed by atoms with Crippen LogP contribution in [-0.2, 0) is 11.3 Å². The second-order valence-corrected chi connectivity index (χ2v) is 5.65. The summed E-state index contributed by atoms with van der Waals surface area (Å²) < 4.78 is 14.9. The molecule has 5 nitrogen and oxygen atoms in total. The molecule has 1 heterocycles. The predicted molar refractivity (Wildman–Crippen MR) is 85.5 cm³/mol. The van der Waals surface area contributed by atoms with E-state index in [-0.39, 0.29) is 17.2 Å². The van der Waals surface area contributed by atoms with Crippen LogP contribution < -0.4 is 5.43 Å². The van der Waals surface area contributed by atoms with Crippen molar-refractivity contribution in [1.82, 2.24) is 15.2 Å². The molecule has 0 unspecified atom stereocenters. The molecule has 0 atom stereocenters. The van der Waals surface area contributed by atoms with E-state index in [4.69, 9.17) is 0 Å². The Balaban J connectivity index is 1.80. The van der Waals surface area contributed by atoms with Crippen LogP contribution in [0, 0.1) is 12.9 Å². The normalized spacial score (nSPS) is 11.0. The molecule has 1 aromatic carbocycles. The SMILES string of the molecule is CCn1ncc(C=NNC(=O)CSc2ccc(C)cc2)c1F. The van der Waals surface area contributed by atoms with Gasteiger partial charge >= 0.3 is 0 Å². The second-order valence-electron chi connectivity index (χ2n) is 4.60. The number of aryl methyl sites for hydroxylation is 2. The minimum atomic E-state index is -0.463. The van der Waals surface area contributed by atoms with Crippen molar-refractivity contribution >= 4 is 23.9 Å². The summed E-state index contributed by atoms with van der Waals surface area (Å²) in [7, 11) is 0. The van der Waals surface area contributed by atoms with Crippen LogP contribution in [0.15, 0.2) is 40.5 Å². The van der Waals surface area contributed by atoms with Crippen molar-refractivity contribution in [3.63, 3.8) is 0 Å². The molecule has 2 rings (SSSR count). The first kappa shape index (κ1) is 16.2. The Hall–Kier alpha value is -2.15. The lowest BCUT2D eigenvalue weighted by molar-refractivity contribution is -0.118. The van der Waals surface area contributed by atoms with Gasteiger partial charge in [0, 0.05) is 11.4 Å². The van der Waals surface area contributed by atoms with Gasteiger partial charge in [-0.3, -0.25) is 4.79 Å². The van der Waals surface area contributed by atoms with E-state index in [2.05, 4.69) is 15.6 Å². The number of amides is 1. The molecule has 22 heavy (non-hydrogen) atoms. The molecule has 1 aromatic heterocycles. The van der Waals surface area contributed by atoms with Crippen LogP contribution in [0.2, 0.25) is 0 Å². The fraction of sp³-hybridized carbons (Fsp3) is 0.267. The molecule has 1 N–H and O–H groups in total. The zero-order valence-corrected chi connectivity index (χ0v) is 13.2. The Morgan fingerprint density at radius 3 is 2.82 bits per heavy atom. The Labute approximate surface area is 132 Å². The highest BCUT2D eigenvalue weighted by atomic mass is 32.2. The van der Waals surface area contributed by atoms with E-state index >= 15 is 0 Å². The number of hydrogen-bond donors (Lipinski definition) is 1. The maximum atomic E-state index is 13.7. The number of halogens is 1. The van der Waals surface area contributed by atoms with Crippen LogP contribution in [0.1, 0.15) is 18.1 Å². The van der Waals surface area contributed by atoms with Crippen LogP contribution in [0.4, 0.5) is 4.39 Å². The highest BCUT2D eigenvalue weighted by Crippen LogP contribution is 2.17. The molecule has 0 fully saturated rings. The lowest BCUT2D eigenvalue weighted by Gasteiger charge is -2.01. The summed E-state index contributed by atoms with van der Waals surface area (Å²) in [5.74, 6) is -0.462. The number of hydrazone groups is 1. The average molecular weight is 320 g/mol. The van der Waals surface area contributed by atoms with Gasteiger partial charge in [-0.2, -0.15) is 14.6 Å². The van der Waals surface area contributed by atoms with Crippen molar-refractivity contribution in [1.29, 1.82) is 0 Å². The van der Waals surface area contributed by atoms with E-state index in [1.807, 2.05) is 31.2 Å². The van der Waals surface area contributed by atoms with Crippen molar-refractivity contribution in [2.75, 3.05) is 5.75 Å². The van der Waals surface area contributed by atoms with Gasteiger partial charge in [0.1, 0.15) is 0 Å². The molecule has 0 aliphatic carbocycles. The highest BCUT2D eigenvalue weighted by Gasteiger charge is 2.07. The van der Waals surface area contributed by atoms with Crippen LogP contribution in [-0.4, -0.2) is 27.7 Å². The molecule has 0 aliphatic rings. The summed E-state index contributed by atoms with van der Waals surface area (Å²) >= 11 is 1.42. The quantitative estimate of drug-likeness (QED) is 0.505. The number of nitrogens with one attached hydrogen (secondary N) is 1. The van der Waals surface area contributed by atoms with Crippen LogP contribution in [0.3, 0.4) is 0 Å². The first-order valence-electron chi connectivity index (χ1n) is 6.83. The van der Waals surface area contributed by atoms with E-state index in [1.54, 1.807) is 6.92 Å². The van der Waals surface area contributed by atoms with Crippen LogP contribution >= 0.6 is 11.8 Å². The fourth-order valence-electron chi connectivity index (χ4n) is 1.68. The zero-order valence-electron chi connectivity index (χ0n) is 12.4. The van der Waals surface area contributed by atoms with Crippen molar-refractivity contribution in [2.24, 2.45) is 5.10 Å². The molecule has 0 spiro atoms. The van der Waals surface area contributed by atoms with Gasteiger partial charge in [-0.25, -0.2) is 10.1 Å². The Morgan fingerprint density at radius 2 is 2.18 bits per heavy atom. The minimum Gasteiger partial charge on any atom is -0.272 e. The zero-order chi connectivity index (χ0) is 15.9. The molecular formula is C15H17FN4OS. The monoisotopic (exact) mass is 320 g/mol. The van der Waals surface area contributed by atoms with E-state index < -0.39 is 5.95 Å². The number of carbonyl (C=O) groups excluding carboxylic acids is 1. The lowest BCUT2D eigenvalue weighted by atomic mass is 10.2. The van der Waals surface area contributed by atoms with E-state index in [0.29, 0.717) is 6.54 Å². The van der Waals surface area contributed by atoms with Gasteiger partial charge < -0.3 is 0 Å². The number of nitrogens with zero attached hydrogens (tertiary/aromatic N) is 3. The third-order valence-corrected chi connectivity index (χ3v) is 3.90. The number of benzene rings is 1. The number of carbonyl (C=O) groups is 1. The molecule has 0 bridgehead atoms. The molecule has 1 amide bonds. The largest absolute Gasteiger partial charge is 0.272 e. The van der Waals surface area contributed by atoms with Crippen LogP contribution in [0.5, 0.6) is 0 Å². The Morgan fingerprint density at radius 1 is 1.45 bits per heavy atom. The average Bonchev–Trinajstić information content (AvgIpc) is 2.87. The third kappa shape index (κ3) is 4.42. The number of thioether (sulfide) groups is 1. The number of aromatic nitrogens is 2. The third-order valence-electron chi connectivity index (χ3n) is 2.88. The first-order valence-corrected chi connectivity index (χ1v) is 7.81. The van der Waals surface area contributed by atoms with E-state index in [1.165, 1.54) is 34.4 Å². The van der Waals surface area contributed by atoms with Gasteiger partial charge in [-0.1, -0.05) is 17.7 Å². The van der Waals surface area contributed by atoms with Gasteiger partial charge in [0.05, 0.1) is 23.7 Å². The maximum absolute atomic E-state index is 13.7. The molecule has 0 radical (unpaired) electrons. The summed E-state index contributed by atoms with van der Waals surface area (Å²) in [4.78, 5) is 12.7. The van der Waals surface area contributed by atoms with Gasteiger partial charge in [0.2, 0.25) is 11.9 Å². The van der Waals surface area contributed by atoms with Gasteiger partial charge in [0.15, 0.2) is 0 Å². The summed E-state index contributed by atoms with van der Waals surface area (Å²) in [6, 6.07) is 7.91. The standard InChI is InChI=1S/C15H17FN4OS/c1-3-20-15(16)12(9-18-20)8-17-19-14(21)10-22-13-6-4-11(2)5-7-13/h4-9H,3,10H2,1-2H3,(H,19,21). The molecule has 7 heteroatoms. The smallest absolute Gasteiger partial charge is 0.250 e. The van der Waals surface area contributed by atoms with Crippen molar-refractivity contribution in [2.45, 2.75) is 25.3 Å². The molecule has 2 aromatic rings. The summed E-state index contributed by atoms with van der Waals surface area (Å²) in [6.45, 7) is 4.25. The van der Waals surface area contributed by atoms with E-state index in [0.717, 1.165) is 4.90 Å². The summed E-state index contributed by atoms with van der Waals surface area (Å²) in [5, 5.41) is 7.59.